The highest BCUT2D eigenvalue weighted by Gasteiger charge is 2.32. The van der Waals surface area contributed by atoms with Gasteiger partial charge in [-0.15, -0.1) is 12.3 Å². The third-order valence-corrected chi connectivity index (χ3v) is 5.72. The first kappa shape index (κ1) is 26.3. The number of rotatable bonds is 5. The number of benzene rings is 1. The van der Waals surface area contributed by atoms with Crippen molar-refractivity contribution in [3.05, 3.63) is 52.8 Å². The molecule has 1 aromatic carbocycles. The van der Waals surface area contributed by atoms with Crippen LogP contribution in [0.1, 0.15) is 69.4 Å². The Morgan fingerprint density at radius 2 is 1.90 bits per heavy atom. The summed E-state index contributed by atoms with van der Waals surface area (Å²) in [7, 11) is 0. The Bertz CT molecular complexity index is 1020. The maximum Gasteiger partial charge on any atom is 0.304 e. The number of aryl methyl sites for hydroxylation is 1. The molecular formula is C25H30FNO3S. The lowest BCUT2D eigenvalue weighted by Gasteiger charge is -2.09. The second-order valence-electron chi connectivity index (χ2n) is 6.90. The zero-order valence-electron chi connectivity index (χ0n) is 18.7. The van der Waals surface area contributed by atoms with Gasteiger partial charge in [0, 0.05) is 34.0 Å². The van der Waals surface area contributed by atoms with Crippen LogP contribution in [0.5, 0.6) is 0 Å². The van der Waals surface area contributed by atoms with E-state index in [1.165, 1.54) is 30.8 Å². The highest BCUT2D eigenvalue weighted by Crippen LogP contribution is 2.46. The number of Topliss-reactive ketones (excluding diaryl/α,β-unsaturated/α-hetero) is 1. The number of terminal acetylenes is 1. The number of hydrogen-bond donors (Lipinski definition) is 1. The Labute approximate surface area is 188 Å². The van der Waals surface area contributed by atoms with Gasteiger partial charge in [-0.05, 0) is 58.6 Å². The fourth-order valence-corrected chi connectivity index (χ4v) is 4.44. The van der Waals surface area contributed by atoms with E-state index in [1.54, 1.807) is 6.92 Å². The molecule has 166 valence electrons. The zero-order chi connectivity index (χ0) is 23.6. The summed E-state index contributed by atoms with van der Waals surface area (Å²) in [5.74, 6) is 0.641. The molecule has 1 atom stereocenters. The molecule has 1 aliphatic heterocycles. The van der Waals surface area contributed by atoms with E-state index >= 15 is 0 Å². The minimum absolute atomic E-state index is 0.0393. The molecule has 0 saturated heterocycles. The highest BCUT2D eigenvalue weighted by atomic mass is 32.2. The summed E-state index contributed by atoms with van der Waals surface area (Å²) in [6, 6.07) is 2.71. The summed E-state index contributed by atoms with van der Waals surface area (Å²) in [5, 5.41) is 11.8. The monoisotopic (exact) mass is 443 g/mol. The minimum atomic E-state index is -0.848. The molecule has 0 fully saturated rings. The van der Waals surface area contributed by atoms with Crippen molar-refractivity contribution in [1.82, 2.24) is 4.57 Å². The molecule has 31 heavy (non-hydrogen) atoms. The topological polar surface area (TPSA) is 59.3 Å². The van der Waals surface area contributed by atoms with E-state index in [2.05, 4.69) is 12.3 Å². The van der Waals surface area contributed by atoms with Crippen molar-refractivity contribution in [2.75, 3.05) is 0 Å². The minimum Gasteiger partial charge on any atom is -0.481 e. The van der Waals surface area contributed by atoms with Gasteiger partial charge in [-0.3, -0.25) is 9.59 Å². The van der Waals surface area contributed by atoms with Gasteiger partial charge in [-0.2, -0.15) is 0 Å². The molecule has 1 aromatic heterocycles. The van der Waals surface area contributed by atoms with E-state index in [1.807, 2.05) is 49.0 Å². The van der Waals surface area contributed by atoms with Crippen LogP contribution in [0.25, 0.3) is 10.9 Å². The number of carbonyl (C=O) groups excluding carboxylic acids is 1. The first-order chi connectivity index (χ1) is 14.8. The number of carboxylic acids is 1. The lowest BCUT2D eigenvalue weighted by Crippen LogP contribution is -2.04. The Hall–Kier alpha value is -2.78. The molecule has 1 unspecified atom stereocenters. The van der Waals surface area contributed by atoms with Crippen molar-refractivity contribution >= 4 is 34.4 Å². The van der Waals surface area contributed by atoms with Crippen molar-refractivity contribution in [2.45, 2.75) is 64.8 Å². The number of aromatic nitrogens is 1. The van der Waals surface area contributed by atoms with Crippen LogP contribution < -0.4 is 0 Å². The fraction of sp³-hybridized carbons (Fsp3) is 0.360. The van der Waals surface area contributed by atoms with E-state index in [-0.39, 0.29) is 18.1 Å². The molecule has 0 saturated carbocycles. The van der Waals surface area contributed by atoms with Gasteiger partial charge in [-0.1, -0.05) is 30.0 Å². The van der Waals surface area contributed by atoms with Gasteiger partial charge in [0.05, 0.1) is 11.9 Å². The maximum absolute atomic E-state index is 14.0. The van der Waals surface area contributed by atoms with E-state index in [0.717, 1.165) is 16.0 Å². The quantitative estimate of drug-likeness (QED) is 0.239. The van der Waals surface area contributed by atoms with Crippen LogP contribution in [0, 0.1) is 18.2 Å². The normalized spacial score (nSPS) is 14.5. The van der Waals surface area contributed by atoms with E-state index in [4.69, 9.17) is 0 Å². The second kappa shape index (κ2) is 12.8. The van der Waals surface area contributed by atoms with Gasteiger partial charge in [0.15, 0.2) is 5.78 Å². The predicted molar refractivity (Wildman–Crippen MR) is 127 cm³/mol. The molecule has 1 aliphatic rings. The van der Waals surface area contributed by atoms with Gasteiger partial charge >= 0.3 is 5.97 Å². The molecular weight excluding hydrogens is 413 g/mol. The summed E-state index contributed by atoms with van der Waals surface area (Å²) < 4.78 is 16.0. The molecule has 0 bridgehead atoms. The third-order valence-electron chi connectivity index (χ3n) is 4.67. The standard InChI is InChI=1S/C18H18FNO3S.C4H8.C3H4/c1-3-6-24-18-16-13(10(2)21)8-12(19)9-14(16)20-5-4-11(17(18)20)7-15(22)23;1-3-4-2;1-3-2/h3,6,8-9,11H,4-5,7H2,1-2H3,(H,22,23);3-4H,1-2H3;1H,2H3/b6-3+;4-3-;. The van der Waals surface area contributed by atoms with Crippen LogP contribution in [0.3, 0.4) is 0 Å². The highest BCUT2D eigenvalue weighted by molar-refractivity contribution is 8.02. The summed E-state index contributed by atoms with van der Waals surface area (Å²) in [6.07, 6.45) is 11.2. The number of thioether (sulfide) groups is 1. The molecule has 0 spiro atoms. The number of nitrogens with zero attached hydrogens (tertiary/aromatic N) is 1. The molecule has 0 aliphatic carbocycles. The van der Waals surface area contributed by atoms with E-state index < -0.39 is 11.8 Å². The van der Waals surface area contributed by atoms with Crippen LogP contribution >= 0.6 is 11.8 Å². The van der Waals surface area contributed by atoms with Crippen molar-refractivity contribution < 1.29 is 19.1 Å². The van der Waals surface area contributed by atoms with Gasteiger partial charge in [0.25, 0.3) is 0 Å². The van der Waals surface area contributed by atoms with E-state index in [9.17, 15) is 19.1 Å². The van der Waals surface area contributed by atoms with Crippen LogP contribution in [-0.4, -0.2) is 21.4 Å². The van der Waals surface area contributed by atoms with Gasteiger partial charge in [-0.25, -0.2) is 4.39 Å². The van der Waals surface area contributed by atoms with Crippen molar-refractivity contribution in [2.24, 2.45) is 0 Å². The van der Waals surface area contributed by atoms with Crippen molar-refractivity contribution in [3.8, 4) is 12.3 Å². The molecule has 6 heteroatoms. The lowest BCUT2D eigenvalue weighted by atomic mass is 9.99. The second-order valence-corrected chi connectivity index (χ2v) is 7.81. The van der Waals surface area contributed by atoms with Crippen LogP contribution in [0.4, 0.5) is 4.39 Å². The molecule has 2 heterocycles. The average molecular weight is 444 g/mol. The van der Waals surface area contributed by atoms with Crippen LogP contribution in [0.15, 0.2) is 40.7 Å². The molecule has 0 amide bonds. The van der Waals surface area contributed by atoms with E-state index in [0.29, 0.717) is 24.0 Å². The number of aliphatic carboxylic acids is 1. The molecule has 3 rings (SSSR count). The summed E-state index contributed by atoms with van der Waals surface area (Å²) in [6.45, 7) is 9.61. The van der Waals surface area contributed by atoms with Crippen LogP contribution in [0.2, 0.25) is 0 Å². The number of allylic oxidation sites excluding steroid dienone is 3. The zero-order valence-corrected chi connectivity index (χ0v) is 19.6. The fourth-order valence-electron chi connectivity index (χ4n) is 3.44. The molecule has 4 nitrogen and oxygen atoms in total. The Balaban J connectivity index is 0.000000604. The van der Waals surface area contributed by atoms with Gasteiger partial charge in [0.1, 0.15) is 5.82 Å². The number of halogens is 1. The summed E-state index contributed by atoms with van der Waals surface area (Å²) in [4.78, 5) is 24.1. The molecule has 2 aromatic rings. The Morgan fingerprint density at radius 1 is 1.29 bits per heavy atom. The first-order valence-corrected chi connectivity index (χ1v) is 11.0. The molecule has 0 radical (unpaired) electrons. The van der Waals surface area contributed by atoms with Gasteiger partial charge in [0.2, 0.25) is 0 Å². The number of carbonyl (C=O) groups is 2. The third kappa shape index (κ3) is 6.60. The SMILES string of the molecule is C#CC.C/C=C/Sc1c2n(c3cc(F)cc(C(C)=O)c13)CCC2CC(=O)O.C/C=C\C. The average Bonchev–Trinajstić information content (AvgIpc) is 3.25. The summed E-state index contributed by atoms with van der Waals surface area (Å²) in [5.41, 5.74) is 1.94. The summed E-state index contributed by atoms with van der Waals surface area (Å²) >= 11 is 1.46. The smallest absolute Gasteiger partial charge is 0.304 e. The van der Waals surface area contributed by atoms with Crippen LogP contribution in [-0.2, 0) is 11.3 Å². The predicted octanol–water partition coefficient (Wildman–Crippen LogP) is 6.79. The largest absolute Gasteiger partial charge is 0.481 e. The van der Waals surface area contributed by atoms with Gasteiger partial charge < -0.3 is 9.67 Å². The Kier molecular flexibility index (Phi) is 10.8. The maximum atomic E-state index is 14.0. The Morgan fingerprint density at radius 3 is 2.39 bits per heavy atom. The number of carboxylic acid groups (broad SMARTS) is 1. The van der Waals surface area contributed by atoms with Crippen molar-refractivity contribution in [3.63, 3.8) is 0 Å². The first-order valence-electron chi connectivity index (χ1n) is 10.1. The number of hydrogen-bond acceptors (Lipinski definition) is 3. The number of ketones is 1. The van der Waals surface area contributed by atoms with Crippen molar-refractivity contribution in [1.29, 1.82) is 0 Å². The molecule has 1 N–H and O–H groups in total. The lowest BCUT2D eigenvalue weighted by molar-refractivity contribution is -0.137. The number of fused-ring (bicyclic) bond motifs is 3.